The van der Waals surface area contributed by atoms with Crippen molar-refractivity contribution in [1.29, 1.82) is 0 Å². The highest BCUT2D eigenvalue weighted by Crippen LogP contribution is 2.43. The van der Waals surface area contributed by atoms with Crippen LogP contribution in [0.15, 0.2) is 42.5 Å². The summed E-state index contributed by atoms with van der Waals surface area (Å²) in [5, 5.41) is 1.26. The highest BCUT2D eigenvalue weighted by atomic mass is 19.1. The minimum absolute atomic E-state index is 0.150. The number of hydrogen-bond acceptors (Lipinski definition) is 2. The fourth-order valence-corrected chi connectivity index (χ4v) is 4.70. The number of piperidine rings is 1. The Morgan fingerprint density at radius 3 is 2.75 bits per heavy atom. The molecule has 1 aromatic heterocycles. The van der Waals surface area contributed by atoms with Gasteiger partial charge in [-0.2, -0.15) is 0 Å². The molecular weight excluding hydrogens is 355 g/mol. The SMILES string of the molecule is Cc1ccc(C(=O)N2CCC3(CC2)OCCc2c3[nH]c3ccccc23)c(F)c1. The number of aromatic nitrogens is 1. The van der Waals surface area contributed by atoms with Crippen LogP contribution in [0.1, 0.15) is 40.0 Å². The van der Waals surface area contributed by atoms with Crippen LogP contribution < -0.4 is 0 Å². The molecule has 4 nitrogen and oxygen atoms in total. The first-order chi connectivity index (χ1) is 13.6. The van der Waals surface area contributed by atoms with Crippen LogP contribution in [0.5, 0.6) is 0 Å². The van der Waals surface area contributed by atoms with E-state index < -0.39 is 5.82 Å². The van der Waals surface area contributed by atoms with Gasteiger partial charge in [-0.05, 0) is 55.5 Å². The first-order valence-corrected chi connectivity index (χ1v) is 9.87. The minimum atomic E-state index is -0.447. The number of H-pyrrole nitrogens is 1. The van der Waals surface area contributed by atoms with Crippen LogP contribution in [-0.4, -0.2) is 35.5 Å². The molecule has 3 heterocycles. The molecule has 0 radical (unpaired) electrons. The van der Waals surface area contributed by atoms with Gasteiger partial charge in [0.05, 0.1) is 17.9 Å². The average Bonchev–Trinajstić information content (AvgIpc) is 3.09. The Balaban J connectivity index is 1.41. The number of hydrogen-bond donors (Lipinski definition) is 1. The summed E-state index contributed by atoms with van der Waals surface area (Å²) in [6, 6.07) is 13.1. The number of nitrogens with one attached hydrogen (secondary N) is 1. The molecule has 3 aromatic rings. The Morgan fingerprint density at radius 2 is 1.96 bits per heavy atom. The molecule has 1 saturated heterocycles. The van der Waals surface area contributed by atoms with E-state index in [0.29, 0.717) is 32.5 Å². The van der Waals surface area contributed by atoms with Crippen molar-refractivity contribution in [3.63, 3.8) is 0 Å². The number of ether oxygens (including phenoxy) is 1. The summed E-state index contributed by atoms with van der Waals surface area (Å²) in [6.07, 6.45) is 2.33. The summed E-state index contributed by atoms with van der Waals surface area (Å²) >= 11 is 0. The zero-order valence-corrected chi connectivity index (χ0v) is 15.9. The molecule has 1 spiro atoms. The fraction of sp³-hybridized carbons (Fsp3) is 0.348. The van der Waals surface area contributed by atoms with Gasteiger partial charge in [0.15, 0.2) is 0 Å². The zero-order valence-electron chi connectivity index (χ0n) is 15.9. The molecule has 1 amide bonds. The lowest BCUT2D eigenvalue weighted by Crippen LogP contribution is -2.48. The van der Waals surface area contributed by atoms with Crippen LogP contribution in [0.2, 0.25) is 0 Å². The number of carbonyl (C=O) groups is 1. The molecule has 5 heteroatoms. The van der Waals surface area contributed by atoms with Gasteiger partial charge in [-0.15, -0.1) is 0 Å². The Morgan fingerprint density at radius 1 is 1.18 bits per heavy atom. The molecule has 0 bridgehead atoms. The summed E-state index contributed by atoms with van der Waals surface area (Å²) in [7, 11) is 0. The third kappa shape index (κ3) is 2.65. The predicted molar refractivity (Wildman–Crippen MR) is 106 cm³/mol. The van der Waals surface area contributed by atoms with E-state index in [0.717, 1.165) is 23.2 Å². The first-order valence-electron chi connectivity index (χ1n) is 9.87. The highest BCUT2D eigenvalue weighted by molar-refractivity contribution is 5.94. The second-order valence-electron chi connectivity index (χ2n) is 7.89. The van der Waals surface area contributed by atoms with Crippen LogP contribution in [0.3, 0.4) is 0 Å². The second-order valence-corrected chi connectivity index (χ2v) is 7.89. The van der Waals surface area contributed by atoms with Gasteiger partial charge in [0, 0.05) is 24.0 Å². The quantitative estimate of drug-likeness (QED) is 0.685. The van der Waals surface area contributed by atoms with Crippen molar-refractivity contribution in [3.05, 3.63) is 70.7 Å². The van der Waals surface area contributed by atoms with Crippen LogP contribution >= 0.6 is 0 Å². The molecule has 0 saturated carbocycles. The summed E-state index contributed by atoms with van der Waals surface area (Å²) < 4.78 is 20.5. The maximum Gasteiger partial charge on any atom is 0.256 e. The molecule has 0 aliphatic carbocycles. The molecule has 144 valence electrons. The number of carbonyl (C=O) groups excluding carboxylic acids is 1. The average molecular weight is 378 g/mol. The topological polar surface area (TPSA) is 45.3 Å². The third-order valence-electron chi connectivity index (χ3n) is 6.21. The Kier molecular flexibility index (Phi) is 4.02. The molecule has 2 aliphatic heterocycles. The number of likely N-dealkylation sites (tertiary alicyclic amines) is 1. The number of halogens is 1. The van der Waals surface area contributed by atoms with E-state index >= 15 is 0 Å². The van der Waals surface area contributed by atoms with E-state index in [4.69, 9.17) is 4.74 Å². The van der Waals surface area contributed by atoms with E-state index in [9.17, 15) is 9.18 Å². The van der Waals surface area contributed by atoms with E-state index in [1.807, 2.05) is 13.0 Å². The second kappa shape index (κ2) is 6.45. The summed E-state index contributed by atoms with van der Waals surface area (Å²) in [5.41, 5.74) is 4.22. The van der Waals surface area contributed by atoms with Gasteiger partial charge in [-0.1, -0.05) is 24.3 Å². The number of para-hydroxylation sites is 1. The molecule has 28 heavy (non-hydrogen) atoms. The van der Waals surface area contributed by atoms with Gasteiger partial charge in [0.2, 0.25) is 0 Å². The van der Waals surface area contributed by atoms with Crippen molar-refractivity contribution in [1.82, 2.24) is 9.88 Å². The molecule has 0 atom stereocenters. The number of amides is 1. The van der Waals surface area contributed by atoms with Gasteiger partial charge in [-0.3, -0.25) is 4.79 Å². The normalized spacial score (nSPS) is 18.4. The molecule has 1 fully saturated rings. The Labute approximate surface area is 163 Å². The number of nitrogens with zero attached hydrogens (tertiary/aromatic N) is 1. The molecule has 2 aliphatic rings. The Bertz CT molecular complexity index is 1060. The van der Waals surface area contributed by atoms with Gasteiger partial charge < -0.3 is 14.6 Å². The van der Waals surface area contributed by atoms with E-state index in [-0.39, 0.29) is 17.1 Å². The monoisotopic (exact) mass is 378 g/mol. The number of aryl methyl sites for hydroxylation is 1. The van der Waals surface area contributed by atoms with E-state index in [1.165, 1.54) is 17.0 Å². The van der Waals surface area contributed by atoms with Gasteiger partial charge in [0.1, 0.15) is 11.4 Å². The number of benzene rings is 2. The third-order valence-corrected chi connectivity index (χ3v) is 6.21. The van der Waals surface area contributed by atoms with Crippen molar-refractivity contribution >= 4 is 16.8 Å². The minimum Gasteiger partial charge on any atom is -0.368 e. The van der Waals surface area contributed by atoms with Crippen molar-refractivity contribution in [3.8, 4) is 0 Å². The zero-order chi connectivity index (χ0) is 19.3. The van der Waals surface area contributed by atoms with E-state index in [1.54, 1.807) is 17.0 Å². The number of fused-ring (bicyclic) bond motifs is 4. The maximum absolute atomic E-state index is 14.2. The van der Waals surface area contributed by atoms with Crippen molar-refractivity contribution in [2.45, 2.75) is 31.8 Å². The molecule has 5 rings (SSSR count). The first kappa shape index (κ1) is 17.4. The summed E-state index contributed by atoms with van der Waals surface area (Å²) in [5.74, 6) is -0.683. The van der Waals surface area contributed by atoms with Crippen LogP contribution in [0, 0.1) is 12.7 Å². The molecule has 2 aromatic carbocycles. The summed E-state index contributed by atoms with van der Waals surface area (Å²) in [4.78, 5) is 18.2. The largest absolute Gasteiger partial charge is 0.368 e. The van der Waals surface area contributed by atoms with Crippen molar-refractivity contribution in [2.75, 3.05) is 19.7 Å². The number of aromatic amines is 1. The molecule has 1 N–H and O–H groups in total. The van der Waals surface area contributed by atoms with Gasteiger partial charge in [-0.25, -0.2) is 4.39 Å². The van der Waals surface area contributed by atoms with Crippen molar-refractivity contribution in [2.24, 2.45) is 0 Å². The smallest absolute Gasteiger partial charge is 0.256 e. The van der Waals surface area contributed by atoms with Gasteiger partial charge >= 0.3 is 0 Å². The van der Waals surface area contributed by atoms with Gasteiger partial charge in [0.25, 0.3) is 5.91 Å². The lowest BCUT2D eigenvalue weighted by molar-refractivity contribution is -0.0957. The lowest BCUT2D eigenvalue weighted by Gasteiger charge is -2.43. The molecule has 0 unspecified atom stereocenters. The maximum atomic E-state index is 14.2. The Hall–Kier alpha value is -2.66. The van der Waals surface area contributed by atoms with Crippen LogP contribution in [0.25, 0.3) is 10.9 Å². The molecular formula is C23H23FN2O2. The number of rotatable bonds is 1. The van der Waals surface area contributed by atoms with E-state index in [2.05, 4.69) is 23.2 Å². The van der Waals surface area contributed by atoms with Crippen molar-refractivity contribution < 1.29 is 13.9 Å². The predicted octanol–water partition coefficient (Wildman–Crippen LogP) is 4.32. The fourth-order valence-electron chi connectivity index (χ4n) is 4.70. The standard InChI is InChI=1S/C23H23FN2O2/c1-15-6-7-18(19(24)14-15)22(27)26-11-9-23(10-12-26)21-17(8-13-28-23)16-4-2-3-5-20(16)25-21/h2-7,14,25H,8-13H2,1H3. The highest BCUT2D eigenvalue weighted by Gasteiger charge is 2.43. The lowest BCUT2D eigenvalue weighted by atomic mass is 9.83. The summed E-state index contributed by atoms with van der Waals surface area (Å²) in [6.45, 7) is 3.62. The van der Waals surface area contributed by atoms with Crippen LogP contribution in [0.4, 0.5) is 4.39 Å². The van der Waals surface area contributed by atoms with Crippen LogP contribution in [-0.2, 0) is 16.8 Å².